The minimum absolute atomic E-state index is 0.00447. The highest BCUT2D eigenvalue weighted by atomic mass is 35.5. The van der Waals surface area contributed by atoms with Crippen molar-refractivity contribution in [3.8, 4) is 17.2 Å². The van der Waals surface area contributed by atoms with Gasteiger partial charge in [-0.15, -0.1) is 0 Å². The molecule has 0 N–H and O–H groups in total. The molecular formula is C17H17ClO6. The Hall–Kier alpha value is -2.21. The van der Waals surface area contributed by atoms with E-state index in [2.05, 4.69) is 0 Å². The minimum Gasteiger partial charge on any atom is -0.496 e. The van der Waals surface area contributed by atoms with Gasteiger partial charge in [0.1, 0.15) is 22.1 Å². The molecule has 128 valence electrons. The Morgan fingerprint density at radius 1 is 1.29 bits per heavy atom. The first-order chi connectivity index (χ1) is 12.5. The van der Waals surface area contributed by atoms with Gasteiger partial charge in [-0.2, -0.15) is 0 Å². The van der Waals surface area contributed by atoms with Crippen molar-refractivity contribution in [3.05, 3.63) is 28.5 Å². The van der Waals surface area contributed by atoms with E-state index in [-0.39, 0.29) is 45.8 Å². The minimum atomic E-state index is -2.81. The molecule has 3 rings (SSSR count). The summed E-state index contributed by atoms with van der Waals surface area (Å²) >= 11 is 6.31. The van der Waals surface area contributed by atoms with Gasteiger partial charge in [-0.3, -0.25) is 9.59 Å². The predicted octanol–water partition coefficient (Wildman–Crippen LogP) is 2.81. The van der Waals surface area contributed by atoms with Crippen LogP contribution in [0.4, 0.5) is 0 Å². The Bertz CT molecular complexity index is 863. The number of ketones is 2. The van der Waals surface area contributed by atoms with Crippen molar-refractivity contribution in [2.24, 2.45) is 5.92 Å². The molecule has 7 heteroatoms. The quantitative estimate of drug-likeness (QED) is 0.775. The van der Waals surface area contributed by atoms with Gasteiger partial charge in [-0.25, -0.2) is 0 Å². The van der Waals surface area contributed by atoms with Crippen molar-refractivity contribution in [3.63, 3.8) is 0 Å². The molecule has 0 radical (unpaired) electrons. The number of hydrogen-bond acceptors (Lipinski definition) is 6. The number of carbonyl (C=O) groups is 2. The summed E-state index contributed by atoms with van der Waals surface area (Å²) in [7, 11) is -0.154. The van der Waals surface area contributed by atoms with E-state index in [1.165, 1.54) is 26.4 Å². The Morgan fingerprint density at radius 3 is 2.67 bits per heavy atom. The molecule has 1 aromatic rings. The smallest absolute Gasteiger partial charge is 0.231 e. The van der Waals surface area contributed by atoms with E-state index < -0.39 is 24.3 Å². The lowest BCUT2D eigenvalue weighted by atomic mass is 9.75. The van der Waals surface area contributed by atoms with Crippen molar-refractivity contribution in [1.29, 1.82) is 0 Å². The number of Topliss-reactive ketones (excluding diaryl/α,β-unsaturated/α-hetero) is 1. The summed E-state index contributed by atoms with van der Waals surface area (Å²) in [5.41, 5.74) is -1.76. The third-order valence-corrected chi connectivity index (χ3v) is 4.75. The van der Waals surface area contributed by atoms with E-state index in [1.807, 2.05) is 0 Å². The highest BCUT2D eigenvalue weighted by Gasteiger charge is 2.59. The number of allylic oxidation sites excluding steroid dienone is 1. The van der Waals surface area contributed by atoms with Crippen LogP contribution in [0.15, 0.2) is 17.9 Å². The highest BCUT2D eigenvalue weighted by Crippen LogP contribution is 2.54. The van der Waals surface area contributed by atoms with Gasteiger partial charge in [0.15, 0.2) is 17.3 Å². The van der Waals surface area contributed by atoms with E-state index in [9.17, 15) is 9.59 Å². The van der Waals surface area contributed by atoms with Crippen molar-refractivity contribution in [1.82, 2.24) is 0 Å². The summed E-state index contributed by atoms with van der Waals surface area (Å²) in [4.78, 5) is 25.3. The second-order valence-electron chi connectivity index (χ2n) is 5.65. The molecule has 0 saturated heterocycles. The first-order valence-electron chi connectivity index (χ1n) is 8.67. The summed E-state index contributed by atoms with van der Waals surface area (Å²) < 4.78 is 43.5. The molecule has 1 spiro atoms. The standard InChI is InChI=1S/C17H17ClO6/c1-8-5-9(19)6-12(23-4)17(8)16(20)13-10(21-2)7-11(22-3)14(18)15(13)24-17/h6-8H,5H2,1-4H3/t8-,17+/m0/s1/i2+1D3. The van der Waals surface area contributed by atoms with Gasteiger partial charge in [0.2, 0.25) is 11.4 Å². The summed E-state index contributed by atoms with van der Waals surface area (Å²) in [5, 5.41) is -0.00447. The lowest BCUT2D eigenvalue weighted by Gasteiger charge is -2.36. The first kappa shape index (κ1) is 13.1. The monoisotopic (exact) mass is 356 g/mol. The molecule has 1 heterocycles. The van der Waals surface area contributed by atoms with Crippen LogP contribution < -0.4 is 14.2 Å². The van der Waals surface area contributed by atoms with Gasteiger partial charge < -0.3 is 18.9 Å². The first-order valence-corrected chi connectivity index (χ1v) is 7.55. The molecule has 2 aliphatic rings. The third kappa shape index (κ3) is 2.02. The maximum atomic E-state index is 13.4. The van der Waals surface area contributed by atoms with Crippen LogP contribution in [0.25, 0.3) is 0 Å². The molecular weight excluding hydrogens is 337 g/mol. The van der Waals surface area contributed by atoms with Crippen LogP contribution in [0.3, 0.4) is 0 Å². The van der Waals surface area contributed by atoms with Crippen LogP contribution >= 0.6 is 11.6 Å². The molecule has 1 aliphatic carbocycles. The molecule has 1 aromatic carbocycles. The van der Waals surface area contributed by atoms with Gasteiger partial charge in [0.25, 0.3) is 0 Å². The molecule has 2 atom stereocenters. The number of halogens is 1. The maximum Gasteiger partial charge on any atom is 0.231 e. The molecule has 0 amide bonds. The number of carbonyl (C=O) groups excluding carboxylic acids is 2. The molecule has 6 nitrogen and oxygen atoms in total. The average Bonchev–Trinajstić information content (AvgIpc) is 2.88. The molecule has 0 fully saturated rings. The molecule has 0 saturated carbocycles. The Balaban J connectivity index is 2.25. The topological polar surface area (TPSA) is 71.1 Å². The van der Waals surface area contributed by atoms with Crippen LogP contribution in [0.1, 0.15) is 27.8 Å². The van der Waals surface area contributed by atoms with Crippen LogP contribution in [0.5, 0.6) is 17.2 Å². The molecule has 1 aliphatic heterocycles. The van der Waals surface area contributed by atoms with Gasteiger partial charge in [0.05, 0.1) is 25.4 Å². The van der Waals surface area contributed by atoms with Gasteiger partial charge in [0, 0.05) is 24.5 Å². The number of methoxy groups -OCH3 is 3. The number of fused-ring (bicyclic) bond motifs is 1. The highest BCUT2D eigenvalue weighted by molar-refractivity contribution is 6.35. The van der Waals surface area contributed by atoms with E-state index in [0.29, 0.717) is 0 Å². The fourth-order valence-corrected chi connectivity index (χ4v) is 3.48. The SMILES string of the molecule is [2H][13C]([2H])([2H])Oc1cc(OC)c(Cl)c2c1C(=O)[C@]1(O2)C(OC)=CC(=O)C[C@@H]1C. The fourth-order valence-electron chi connectivity index (χ4n) is 3.22. The number of ether oxygens (including phenoxy) is 4. The Labute approximate surface area is 148 Å². The van der Waals surface area contributed by atoms with Crippen molar-refractivity contribution < 1.29 is 32.6 Å². The van der Waals surface area contributed by atoms with Crippen molar-refractivity contribution >= 4 is 23.2 Å². The third-order valence-electron chi connectivity index (χ3n) is 4.39. The number of hydrogen-bond donors (Lipinski definition) is 0. The Morgan fingerprint density at radius 2 is 2.04 bits per heavy atom. The number of rotatable bonds is 3. The van der Waals surface area contributed by atoms with Gasteiger partial charge in [-0.1, -0.05) is 18.5 Å². The average molecular weight is 357 g/mol. The predicted molar refractivity (Wildman–Crippen MR) is 86.1 cm³/mol. The van der Waals surface area contributed by atoms with E-state index in [1.54, 1.807) is 6.92 Å². The fraction of sp³-hybridized carbons (Fsp3) is 0.412. The molecule has 0 unspecified atom stereocenters. The zero-order valence-corrected chi connectivity index (χ0v) is 14.0. The van der Waals surface area contributed by atoms with Crippen molar-refractivity contribution in [2.75, 3.05) is 21.3 Å². The summed E-state index contributed by atoms with van der Waals surface area (Å²) in [6.45, 7) is 1.67. The van der Waals surface area contributed by atoms with Gasteiger partial charge >= 0.3 is 0 Å². The second kappa shape index (κ2) is 5.70. The van der Waals surface area contributed by atoms with E-state index >= 15 is 0 Å². The molecule has 24 heavy (non-hydrogen) atoms. The lowest BCUT2D eigenvalue weighted by molar-refractivity contribution is -0.118. The van der Waals surface area contributed by atoms with E-state index in [4.69, 9.17) is 34.7 Å². The summed E-state index contributed by atoms with van der Waals surface area (Å²) in [6.07, 6.45) is 1.26. The molecule has 0 bridgehead atoms. The zero-order chi connectivity index (χ0) is 20.1. The van der Waals surface area contributed by atoms with Crippen LogP contribution in [0, 0.1) is 5.92 Å². The Kier molecular flexibility index (Phi) is 3.12. The molecule has 0 aromatic heterocycles. The maximum absolute atomic E-state index is 13.4. The largest absolute Gasteiger partial charge is 0.496 e. The van der Waals surface area contributed by atoms with Gasteiger partial charge in [-0.05, 0) is 0 Å². The van der Waals surface area contributed by atoms with Crippen LogP contribution in [-0.2, 0) is 9.53 Å². The second-order valence-corrected chi connectivity index (χ2v) is 6.03. The summed E-state index contributed by atoms with van der Waals surface area (Å²) in [5.74, 6) is -1.57. The van der Waals surface area contributed by atoms with Crippen LogP contribution in [-0.4, -0.2) is 38.4 Å². The normalized spacial score (nSPS) is 27.6. The van der Waals surface area contributed by atoms with Crippen LogP contribution in [0.2, 0.25) is 5.02 Å². The van der Waals surface area contributed by atoms with Crippen molar-refractivity contribution in [2.45, 2.75) is 18.9 Å². The lowest BCUT2D eigenvalue weighted by Crippen LogP contribution is -2.51. The number of benzene rings is 1. The van der Waals surface area contributed by atoms with E-state index in [0.717, 1.165) is 0 Å². The zero-order valence-electron chi connectivity index (χ0n) is 16.3. The summed E-state index contributed by atoms with van der Waals surface area (Å²) in [6, 6.07) is 1.22.